The Labute approximate surface area is 145 Å². The molecule has 0 aromatic heterocycles. The maximum Gasteiger partial charge on any atom is 0.315 e. The molecule has 0 saturated carbocycles. The van der Waals surface area contributed by atoms with Crippen molar-refractivity contribution < 1.29 is 9.59 Å². The molecular formula is C18H30N4O2. The van der Waals surface area contributed by atoms with Crippen molar-refractivity contribution in [2.75, 3.05) is 25.5 Å². The van der Waals surface area contributed by atoms with Crippen molar-refractivity contribution in [3.05, 3.63) is 29.8 Å². The summed E-state index contributed by atoms with van der Waals surface area (Å²) in [6.45, 7) is 7.89. The number of hydrogen-bond donors (Lipinski definition) is 3. The van der Waals surface area contributed by atoms with Gasteiger partial charge in [0.15, 0.2) is 0 Å². The van der Waals surface area contributed by atoms with Gasteiger partial charge in [-0.15, -0.1) is 0 Å². The number of carbonyl (C=O) groups excluding carboxylic acids is 2. The minimum Gasteiger partial charge on any atom is -0.378 e. The van der Waals surface area contributed by atoms with Crippen LogP contribution in [0.2, 0.25) is 0 Å². The lowest BCUT2D eigenvalue weighted by molar-refractivity contribution is -0.123. The molecule has 0 aliphatic rings. The van der Waals surface area contributed by atoms with Gasteiger partial charge in [-0.05, 0) is 51.8 Å². The summed E-state index contributed by atoms with van der Waals surface area (Å²) in [7, 11) is 4.00. The fraction of sp³-hybridized carbons (Fsp3) is 0.556. The fourth-order valence-corrected chi connectivity index (χ4v) is 2.07. The number of nitrogens with zero attached hydrogens (tertiary/aromatic N) is 1. The summed E-state index contributed by atoms with van der Waals surface area (Å²) in [5.41, 5.74) is 1.98. The van der Waals surface area contributed by atoms with Crippen molar-refractivity contribution >= 4 is 17.6 Å². The zero-order chi connectivity index (χ0) is 18.3. The average Bonchev–Trinajstić information content (AvgIpc) is 2.45. The minimum atomic E-state index is -0.580. The van der Waals surface area contributed by atoms with Crippen LogP contribution >= 0.6 is 0 Å². The van der Waals surface area contributed by atoms with Gasteiger partial charge in [-0.1, -0.05) is 12.1 Å². The van der Waals surface area contributed by atoms with Crippen molar-refractivity contribution in [1.29, 1.82) is 0 Å². The Morgan fingerprint density at radius 2 is 1.71 bits per heavy atom. The summed E-state index contributed by atoms with van der Waals surface area (Å²) in [6.07, 6.45) is 0.740. The number of rotatable bonds is 6. The number of hydrogen-bond acceptors (Lipinski definition) is 3. The molecule has 6 nitrogen and oxygen atoms in total. The lowest BCUT2D eigenvalue weighted by Gasteiger charge is -2.23. The zero-order valence-electron chi connectivity index (χ0n) is 15.6. The molecule has 1 rings (SSSR count). The predicted molar refractivity (Wildman–Crippen MR) is 98.4 cm³/mol. The van der Waals surface area contributed by atoms with Crippen LogP contribution in [-0.4, -0.2) is 44.2 Å². The number of benzene rings is 1. The molecule has 0 unspecified atom stereocenters. The van der Waals surface area contributed by atoms with E-state index < -0.39 is 6.04 Å². The molecule has 3 amide bonds. The molecule has 0 radical (unpaired) electrons. The highest BCUT2D eigenvalue weighted by atomic mass is 16.2. The van der Waals surface area contributed by atoms with Crippen molar-refractivity contribution in [2.24, 2.45) is 0 Å². The van der Waals surface area contributed by atoms with Crippen molar-refractivity contribution in [2.45, 2.75) is 45.7 Å². The number of carbonyl (C=O) groups is 2. The van der Waals surface area contributed by atoms with Crippen molar-refractivity contribution in [1.82, 2.24) is 16.0 Å². The van der Waals surface area contributed by atoms with E-state index in [1.807, 2.05) is 64.0 Å². The molecule has 134 valence electrons. The van der Waals surface area contributed by atoms with Crippen molar-refractivity contribution in [3.8, 4) is 0 Å². The van der Waals surface area contributed by atoms with Crippen LogP contribution in [0.1, 0.15) is 33.3 Å². The maximum atomic E-state index is 11.9. The van der Waals surface area contributed by atoms with Gasteiger partial charge in [0.2, 0.25) is 5.91 Å². The standard InChI is InChI=1S/C18H30N4O2/c1-13(16(23)21-18(2,3)4)20-17(24)19-12-11-14-7-9-15(10-8-14)22(5)6/h7-10,13H,11-12H2,1-6H3,(H,21,23)(H2,19,20,24)/t13-/m1/s1. The lowest BCUT2D eigenvalue weighted by Crippen LogP contribution is -2.52. The molecule has 0 aliphatic carbocycles. The van der Waals surface area contributed by atoms with Crippen LogP contribution in [0.4, 0.5) is 10.5 Å². The highest BCUT2D eigenvalue weighted by molar-refractivity contribution is 5.87. The van der Waals surface area contributed by atoms with Crippen LogP contribution in [0.25, 0.3) is 0 Å². The highest BCUT2D eigenvalue weighted by Crippen LogP contribution is 2.12. The molecule has 0 spiro atoms. The Balaban J connectivity index is 2.34. The number of urea groups is 1. The van der Waals surface area contributed by atoms with Crippen molar-refractivity contribution in [3.63, 3.8) is 0 Å². The predicted octanol–water partition coefficient (Wildman–Crippen LogP) is 1.90. The quantitative estimate of drug-likeness (QED) is 0.744. The normalized spacial score (nSPS) is 12.2. The van der Waals surface area contributed by atoms with Gasteiger partial charge in [0.1, 0.15) is 6.04 Å². The Morgan fingerprint density at radius 1 is 1.12 bits per heavy atom. The lowest BCUT2D eigenvalue weighted by atomic mass is 10.1. The molecule has 0 aliphatic heterocycles. The van der Waals surface area contributed by atoms with Gasteiger partial charge < -0.3 is 20.9 Å². The average molecular weight is 334 g/mol. The second-order valence-corrected chi connectivity index (χ2v) is 7.17. The van der Waals surface area contributed by atoms with E-state index >= 15 is 0 Å². The van der Waals surface area contributed by atoms with Gasteiger partial charge in [0.25, 0.3) is 0 Å². The summed E-state index contributed by atoms with van der Waals surface area (Å²) < 4.78 is 0. The zero-order valence-corrected chi connectivity index (χ0v) is 15.6. The Kier molecular flexibility index (Phi) is 7.07. The number of amides is 3. The SMILES string of the molecule is C[C@@H](NC(=O)NCCc1ccc(N(C)C)cc1)C(=O)NC(C)(C)C. The van der Waals surface area contributed by atoms with Crippen LogP contribution < -0.4 is 20.9 Å². The monoisotopic (exact) mass is 334 g/mol. The third-order valence-corrected chi connectivity index (χ3v) is 3.39. The third-order valence-electron chi connectivity index (χ3n) is 3.39. The van der Waals surface area contributed by atoms with Gasteiger partial charge in [-0.3, -0.25) is 4.79 Å². The second-order valence-electron chi connectivity index (χ2n) is 7.17. The van der Waals surface area contributed by atoms with E-state index in [1.165, 1.54) is 0 Å². The molecule has 1 aromatic carbocycles. The van der Waals surface area contributed by atoms with Crippen LogP contribution in [0.5, 0.6) is 0 Å². The molecule has 0 heterocycles. The first-order chi connectivity index (χ1) is 11.1. The first-order valence-electron chi connectivity index (χ1n) is 8.21. The van der Waals surface area contributed by atoms with Crippen LogP contribution in [0.15, 0.2) is 24.3 Å². The minimum absolute atomic E-state index is 0.197. The van der Waals surface area contributed by atoms with E-state index in [9.17, 15) is 9.59 Å². The molecule has 1 aromatic rings. The van der Waals surface area contributed by atoms with Gasteiger partial charge >= 0.3 is 6.03 Å². The van der Waals surface area contributed by atoms with E-state index in [0.29, 0.717) is 6.54 Å². The van der Waals surface area contributed by atoms with Crippen LogP contribution in [0, 0.1) is 0 Å². The molecule has 0 saturated heterocycles. The summed E-state index contributed by atoms with van der Waals surface area (Å²) in [5.74, 6) is -0.197. The van der Waals surface area contributed by atoms with E-state index in [4.69, 9.17) is 0 Å². The van der Waals surface area contributed by atoms with E-state index in [0.717, 1.165) is 17.7 Å². The molecule has 24 heavy (non-hydrogen) atoms. The molecule has 6 heteroatoms. The topological polar surface area (TPSA) is 73.5 Å². The summed E-state index contributed by atoms with van der Waals surface area (Å²) >= 11 is 0. The summed E-state index contributed by atoms with van der Waals surface area (Å²) in [4.78, 5) is 25.8. The Morgan fingerprint density at radius 3 is 2.21 bits per heavy atom. The van der Waals surface area contributed by atoms with Gasteiger partial charge in [0.05, 0.1) is 0 Å². The highest BCUT2D eigenvalue weighted by Gasteiger charge is 2.20. The van der Waals surface area contributed by atoms with E-state index in [-0.39, 0.29) is 17.5 Å². The first-order valence-corrected chi connectivity index (χ1v) is 8.21. The number of anilines is 1. The maximum absolute atomic E-state index is 11.9. The van der Waals surface area contributed by atoms with Gasteiger partial charge in [-0.2, -0.15) is 0 Å². The van der Waals surface area contributed by atoms with Gasteiger partial charge in [-0.25, -0.2) is 4.79 Å². The van der Waals surface area contributed by atoms with E-state index in [1.54, 1.807) is 6.92 Å². The fourth-order valence-electron chi connectivity index (χ4n) is 2.07. The largest absolute Gasteiger partial charge is 0.378 e. The Hall–Kier alpha value is -2.24. The third kappa shape index (κ3) is 7.35. The van der Waals surface area contributed by atoms with Crippen LogP contribution in [0.3, 0.4) is 0 Å². The van der Waals surface area contributed by atoms with Gasteiger partial charge in [0, 0.05) is 31.9 Å². The molecule has 3 N–H and O–H groups in total. The first kappa shape index (κ1) is 19.8. The molecule has 1 atom stereocenters. The summed E-state index contributed by atoms with van der Waals surface area (Å²) in [5, 5.41) is 8.26. The van der Waals surface area contributed by atoms with Crippen LogP contribution in [-0.2, 0) is 11.2 Å². The molecule has 0 fully saturated rings. The number of nitrogens with one attached hydrogen (secondary N) is 3. The Bertz CT molecular complexity index is 547. The smallest absolute Gasteiger partial charge is 0.315 e. The van der Waals surface area contributed by atoms with E-state index in [2.05, 4.69) is 16.0 Å². The molecule has 0 bridgehead atoms. The summed E-state index contributed by atoms with van der Waals surface area (Å²) in [6, 6.07) is 7.28. The second kappa shape index (κ2) is 8.57. The molecular weight excluding hydrogens is 304 g/mol.